The van der Waals surface area contributed by atoms with Crippen molar-refractivity contribution < 1.29 is 24.5 Å². The number of hydrogen-bond acceptors (Lipinski definition) is 9. The Balaban J connectivity index is 1.47. The molecule has 0 aliphatic carbocycles. The number of urea groups is 1. The highest BCUT2D eigenvalue weighted by atomic mass is 79.9. The molecule has 11 nitrogen and oxygen atoms in total. The number of carbonyl (C=O) groups excluding carboxylic acids is 2. The lowest BCUT2D eigenvalue weighted by molar-refractivity contribution is -0.127. The van der Waals surface area contributed by atoms with Gasteiger partial charge in [0.1, 0.15) is 18.5 Å². The number of guanidine groups is 1. The van der Waals surface area contributed by atoms with Gasteiger partial charge in [-0.25, -0.2) is 9.79 Å². The number of nitrogens with one attached hydrogen (secondary N) is 1. The third kappa shape index (κ3) is 5.24. The van der Waals surface area contributed by atoms with E-state index in [1.165, 1.54) is 4.90 Å². The van der Waals surface area contributed by atoms with Crippen LogP contribution in [0.5, 0.6) is 5.75 Å². The minimum absolute atomic E-state index is 0.0451. The van der Waals surface area contributed by atoms with Crippen LogP contribution in [0, 0.1) is 0 Å². The molecule has 0 spiro atoms. The zero-order valence-corrected chi connectivity index (χ0v) is 20.0. The normalized spacial score (nSPS) is 24.5. The van der Waals surface area contributed by atoms with E-state index in [1.54, 1.807) is 24.1 Å². The van der Waals surface area contributed by atoms with Gasteiger partial charge in [-0.1, -0.05) is 15.9 Å². The lowest BCUT2D eigenvalue weighted by Gasteiger charge is -2.40. The van der Waals surface area contributed by atoms with E-state index < -0.39 is 30.2 Å². The van der Waals surface area contributed by atoms with Crippen molar-refractivity contribution in [2.24, 2.45) is 4.99 Å². The molecule has 3 aliphatic heterocycles. The monoisotopic (exact) mass is 524 g/mol. The zero-order valence-electron chi connectivity index (χ0n) is 18.4. The standard InChI is InChI=1S/C21H29BrN6O5/c1-25-18-17(19(31)24-21(25)32)28(12-15(30)13-33-16-4-2-14(22)3-5-16)20(23-18)27-8-6-26(7-9-27)10-11-29/h2-5,15,17-18,29-30H,6-13H2,1H3,(H,24,31,32). The number of amides is 3. The number of carbonyl (C=O) groups is 2. The van der Waals surface area contributed by atoms with Gasteiger partial charge in [-0.05, 0) is 24.3 Å². The number of aliphatic imine (C=N–C) groups is 1. The van der Waals surface area contributed by atoms with Crippen molar-refractivity contribution >= 4 is 33.8 Å². The van der Waals surface area contributed by atoms with Crippen molar-refractivity contribution in [3.8, 4) is 5.75 Å². The molecule has 3 heterocycles. The van der Waals surface area contributed by atoms with Crippen LogP contribution in [0.4, 0.5) is 4.79 Å². The highest BCUT2D eigenvalue weighted by Gasteiger charge is 2.50. The highest BCUT2D eigenvalue weighted by molar-refractivity contribution is 9.10. The Bertz CT molecular complexity index is 892. The minimum Gasteiger partial charge on any atom is -0.491 e. The summed E-state index contributed by atoms with van der Waals surface area (Å²) in [5.41, 5.74) is 0. The van der Waals surface area contributed by atoms with Gasteiger partial charge in [-0.15, -0.1) is 0 Å². The number of likely N-dealkylation sites (N-methyl/N-ethyl adjacent to an activating group) is 1. The number of rotatable bonds is 7. The summed E-state index contributed by atoms with van der Waals surface area (Å²) in [5, 5.41) is 22.3. The fourth-order valence-electron chi connectivity index (χ4n) is 4.29. The van der Waals surface area contributed by atoms with Crippen LogP contribution < -0.4 is 10.1 Å². The van der Waals surface area contributed by atoms with Crippen LogP contribution in [0.1, 0.15) is 0 Å². The van der Waals surface area contributed by atoms with E-state index in [2.05, 4.69) is 31.0 Å². The third-order valence-corrected chi connectivity index (χ3v) is 6.60. The van der Waals surface area contributed by atoms with Crippen LogP contribution in [-0.4, -0.2) is 126 Å². The summed E-state index contributed by atoms with van der Waals surface area (Å²) in [6.07, 6.45) is -1.54. The molecule has 180 valence electrons. The molecule has 3 atom stereocenters. The molecule has 2 saturated heterocycles. The molecule has 12 heteroatoms. The first kappa shape index (κ1) is 23.7. The predicted octanol–water partition coefficient (Wildman–Crippen LogP) is -0.653. The Hall–Kier alpha value is -2.41. The molecule has 3 aliphatic rings. The maximum atomic E-state index is 12.8. The van der Waals surface area contributed by atoms with E-state index >= 15 is 0 Å². The number of fused-ring (bicyclic) bond motifs is 1. The topological polar surface area (TPSA) is 121 Å². The lowest BCUT2D eigenvalue weighted by Crippen LogP contribution is -2.65. The number of β-amino-alcohol motifs (C(OH)–C–C–N with tert-alkyl or cyclic N) is 2. The molecule has 0 radical (unpaired) electrons. The van der Waals surface area contributed by atoms with Crippen molar-refractivity contribution in [1.82, 2.24) is 24.9 Å². The first-order valence-corrected chi connectivity index (χ1v) is 11.7. The molecule has 3 unspecified atom stereocenters. The van der Waals surface area contributed by atoms with Gasteiger partial charge in [0.25, 0.3) is 5.91 Å². The second kappa shape index (κ2) is 10.2. The predicted molar refractivity (Wildman–Crippen MR) is 124 cm³/mol. The Morgan fingerprint density at radius 2 is 1.91 bits per heavy atom. The zero-order chi connectivity index (χ0) is 23.5. The quantitative estimate of drug-likeness (QED) is 0.430. The van der Waals surface area contributed by atoms with E-state index in [0.717, 1.165) is 17.6 Å². The number of piperazine rings is 1. The SMILES string of the molecule is CN1C(=O)NC(=O)C2C1N=C(N1CCN(CCO)CC1)N2CC(O)COc1ccc(Br)cc1. The lowest BCUT2D eigenvalue weighted by atomic mass is 10.1. The van der Waals surface area contributed by atoms with E-state index in [0.29, 0.717) is 31.3 Å². The molecule has 0 bridgehead atoms. The maximum Gasteiger partial charge on any atom is 0.325 e. The van der Waals surface area contributed by atoms with Crippen LogP contribution in [0.2, 0.25) is 0 Å². The number of aliphatic hydroxyl groups is 2. The fraction of sp³-hybridized carbons (Fsp3) is 0.571. The van der Waals surface area contributed by atoms with E-state index in [9.17, 15) is 19.8 Å². The van der Waals surface area contributed by atoms with E-state index in [1.807, 2.05) is 12.1 Å². The van der Waals surface area contributed by atoms with Gasteiger partial charge in [-0.2, -0.15) is 0 Å². The highest BCUT2D eigenvalue weighted by Crippen LogP contribution is 2.26. The summed E-state index contributed by atoms with van der Waals surface area (Å²) in [4.78, 5) is 37.1. The van der Waals surface area contributed by atoms with Gasteiger partial charge in [0.2, 0.25) is 0 Å². The first-order chi connectivity index (χ1) is 15.9. The first-order valence-electron chi connectivity index (χ1n) is 10.9. The minimum atomic E-state index is -0.885. The second-order valence-corrected chi connectivity index (χ2v) is 9.23. The van der Waals surface area contributed by atoms with Gasteiger partial charge < -0.3 is 29.6 Å². The Labute approximate surface area is 200 Å². The van der Waals surface area contributed by atoms with Crippen LogP contribution >= 0.6 is 15.9 Å². The van der Waals surface area contributed by atoms with E-state index in [-0.39, 0.29) is 19.8 Å². The molecular weight excluding hydrogens is 496 g/mol. The van der Waals surface area contributed by atoms with Crippen molar-refractivity contribution in [2.75, 3.05) is 59.5 Å². The van der Waals surface area contributed by atoms with Crippen LogP contribution in [0.15, 0.2) is 33.7 Å². The average molecular weight is 525 g/mol. The molecular formula is C21H29BrN6O5. The molecule has 1 aromatic rings. The Kier molecular flexibility index (Phi) is 7.37. The molecule has 4 rings (SSSR count). The number of benzene rings is 1. The smallest absolute Gasteiger partial charge is 0.325 e. The third-order valence-electron chi connectivity index (χ3n) is 6.07. The number of aliphatic hydroxyl groups excluding tert-OH is 2. The van der Waals surface area contributed by atoms with Gasteiger partial charge in [-0.3, -0.25) is 15.0 Å². The number of nitrogens with zero attached hydrogens (tertiary/aromatic N) is 5. The Morgan fingerprint density at radius 3 is 2.58 bits per heavy atom. The van der Waals surface area contributed by atoms with Crippen LogP contribution in [0.25, 0.3) is 0 Å². The fourth-order valence-corrected chi connectivity index (χ4v) is 4.55. The molecule has 2 fully saturated rings. The summed E-state index contributed by atoms with van der Waals surface area (Å²) in [6.45, 7) is 3.72. The summed E-state index contributed by atoms with van der Waals surface area (Å²) in [5.74, 6) is 0.793. The summed E-state index contributed by atoms with van der Waals surface area (Å²) >= 11 is 3.38. The molecule has 0 saturated carbocycles. The van der Waals surface area contributed by atoms with E-state index in [4.69, 9.17) is 9.73 Å². The molecule has 0 aromatic heterocycles. The van der Waals surface area contributed by atoms with Crippen molar-refractivity contribution in [2.45, 2.75) is 18.3 Å². The van der Waals surface area contributed by atoms with Gasteiger partial charge >= 0.3 is 6.03 Å². The van der Waals surface area contributed by atoms with Crippen molar-refractivity contribution in [3.63, 3.8) is 0 Å². The number of hydrogen-bond donors (Lipinski definition) is 3. The Morgan fingerprint density at radius 1 is 1.21 bits per heavy atom. The second-order valence-electron chi connectivity index (χ2n) is 8.32. The van der Waals surface area contributed by atoms with Crippen LogP contribution in [0.3, 0.4) is 0 Å². The number of halogens is 1. The van der Waals surface area contributed by atoms with Crippen molar-refractivity contribution in [1.29, 1.82) is 0 Å². The summed E-state index contributed by atoms with van der Waals surface area (Å²) < 4.78 is 6.64. The van der Waals surface area contributed by atoms with Gasteiger partial charge in [0.05, 0.1) is 13.2 Å². The van der Waals surface area contributed by atoms with Crippen LogP contribution in [-0.2, 0) is 4.79 Å². The molecule has 33 heavy (non-hydrogen) atoms. The van der Waals surface area contributed by atoms with Crippen molar-refractivity contribution in [3.05, 3.63) is 28.7 Å². The van der Waals surface area contributed by atoms with Gasteiger partial charge in [0.15, 0.2) is 18.2 Å². The van der Waals surface area contributed by atoms with Gasteiger partial charge in [0, 0.05) is 44.2 Å². The molecule has 1 aromatic carbocycles. The largest absolute Gasteiger partial charge is 0.491 e. The average Bonchev–Trinajstić information content (AvgIpc) is 3.17. The maximum absolute atomic E-state index is 12.8. The summed E-state index contributed by atoms with van der Waals surface area (Å²) in [7, 11) is 1.61. The molecule has 3 N–H and O–H groups in total. The molecule has 3 amide bonds. The summed E-state index contributed by atoms with van der Waals surface area (Å²) in [6, 6.07) is 6.10. The number of ether oxygens (including phenoxy) is 1. The number of imide groups is 1.